The third-order valence-electron chi connectivity index (χ3n) is 2.62. The van der Waals surface area contributed by atoms with E-state index < -0.39 is 0 Å². The molecule has 8 heteroatoms. The fraction of sp³-hybridized carbons (Fsp3) is 0.154. The van der Waals surface area contributed by atoms with Gasteiger partial charge in [0.15, 0.2) is 0 Å². The van der Waals surface area contributed by atoms with Crippen molar-refractivity contribution in [3.05, 3.63) is 47.2 Å². The second kappa shape index (κ2) is 5.80. The van der Waals surface area contributed by atoms with Crippen LogP contribution in [0.15, 0.2) is 34.4 Å². The fourth-order valence-electron chi connectivity index (χ4n) is 1.59. The molecule has 0 fully saturated rings. The molecule has 7 nitrogen and oxygen atoms in total. The van der Waals surface area contributed by atoms with Crippen LogP contribution < -0.4 is 5.32 Å². The van der Waals surface area contributed by atoms with E-state index in [0.29, 0.717) is 11.7 Å². The molecule has 1 N–H and O–H groups in total. The van der Waals surface area contributed by atoms with Crippen molar-refractivity contribution >= 4 is 17.2 Å². The lowest BCUT2D eigenvalue weighted by Crippen LogP contribution is -2.24. The minimum atomic E-state index is -0.335. The highest BCUT2D eigenvalue weighted by atomic mass is 32.1. The van der Waals surface area contributed by atoms with Gasteiger partial charge in [-0.05, 0) is 18.4 Å². The Morgan fingerprint density at radius 2 is 2.29 bits per heavy atom. The molecule has 0 aliphatic heterocycles. The summed E-state index contributed by atoms with van der Waals surface area (Å²) in [6.45, 7) is 1.95. The summed E-state index contributed by atoms with van der Waals surface area (Å²) in [5.74, 6) is 0.523. The van der Waals surface area contributed by atoms with Crippen LogP contribution in [0, 0.1) is 6.92 Å². The molecule has 3 aromatic rings. The molecular weight excluding hydrogens is 290 g/mol. The molecule has 1 amide bonds. The second-order valence-corrected chi connectivity index (χ2v) is 5.16. The molecule has 3 aromatic heterocycles. The van der Waals surface area contributed by atoms with Crippen molar-refractivity contribution in [3.8, 4) is 10.7 Å². The number of rotatable bonds is 4. The maximum atomic E-state index is 11.9. The standard InChI is InChI=1S/C13H11N5O2S/c1-8-5-15-9(6-14-8)13(19)16-7-11-17-12(18-20-11)10-3-2-4-21-10/h2-6H,7H2,1H3,(H,16,19). The molecule has 0 saturated carbocycles. The number of thiophene rings is 1. The van der Waals surface area contributed by atoms with E-state index in [9.17, 15) is 4.79 Å². The molecule has 0 aliphatic carbocycles. The summed E-state index contributed by atoms with van der Waals surface area (Å²) < 4.78 is 5.09. The van der Waals surface area contributed by atoms with Gasteiger partial charge in [0, 0.05) is 6.20 Å². The monoisotopic (exact) mass is 301 g/mol. The highest BCUT2D eigenvalue weighted by Crippen LogP contribution is 2.21. The van der Waals surface area contributed by atoms with E-state index in [1.165, 1.54) is 23.7 Å². The van der Waals surface area contributed by atoms with Gasteiger partial charge in [0.2, 0.25) is 11.7 Å². The van der Waals surface area contributed by atoms with Crippen molar-refractivity contribution in [2.24, 2.45) is 0 Å². The van der Waals surface area contributed by atoms with E-state index in [-0.39, 0.29) is 18.1 Å². The zero-order valence-corrected chi connectivity index (χ0v) is 11.9. The molecule has 0 saturated heterocycles. The van der Waals surface area contributed by atoms with Gasteiger partial charge in [0.05, 0.1) is 23.3 Å². The minimum Gasteiger partial charge on any atom is -0.342 e. The van der Waals surface area contributed by atoms with Gasteiger partial charge in [-0.3, -0.25) is 9.78 Å². The Labute approximate surface area is 124 Å². The van der Waals surface area contributed by atoms with Gasteiger partial charge in [0.25, 0.3) is 5.91 Å². The molecule has 0 spiro atoms. The van der Waals surface area contributed by atoms with Crippen LogP contribution in [-0.2, 0) is 6.54 Å². The number of nitrogens with zero attached hydrogens (tertiary/aromatic N) is 4. The van der Waals surface area contributed by atoms with Gasteiger partial charge in [-0.25, -0.2) is 4.98 Å². The first-order chi connectivity index (χ1) is 10.2. The van der Waals surface area contributed by atoms with Crippen LogP contribution in [0.1, 0.15) is 22.1 Å². The molecule has 21 heavy (non-hydrogen) atoms. The zero-order chi connectivity index (χ0) is 14.7. The summed E-state index contributed by atoms with van der Waals surface area (Å²) >= 11 is 1.52. The van der Waals surface area contributed by atoms with Crippen molar-refractivity contribution in [1.29, 1.82) is 0 Å². The molecule has 0 radical (unpaired) electrons. The number of hydrogen-bond acceptors (Lipinski definition) is 7. The highest BCUT2D eigenvalue weighted by molar-refractivity contribution is 7.13. The maximum Gasteiger partial charge on any atom is 0.271 e. The van der Waals surface area contributed by atoms with Crippen LogP contribution >= 0.6 is 11.3 Å². The van der Waals surface area contributed by atoms with E-state index >= 15 is 0 Å². The summed E-state index contributed by atoms with van der Waals surface area (Å²) in [5.41, 5.74) is 1.00. The lowest BCUT2D eigenvalue weighted by molar-refractivity contribution is 0.0941. The smallest absolute Gasteiger partial charge is 0.271 e. The molecular formula is C13H11N5O2S. The first kappa shape index (κ1) is 13.4. The summed E-state index contributed by atoms with van der Waals surface area (Å²) in [5, 5.41) is 8.46. The summed E-state index contributed by atoms with van der Waals surface area (Å²) in [6, 6.07) is 3.81. The number of carbonyl (C=O) groups excluding carboxylic acids is 1. The molecule has 3 rings (SSSR count). The first-order valence-corrected chi connectivity index (χ1v) is 7.03. The number of carbonyl (C=O) groups is 1. The van der Waals surface area contributed by atoms with Crippen LogP contribution in [0.2, 0.25) is 0 Å². The van der Waals surface area contributed by atoms with Crippen LogP contribution in [-0.4, -0.2) is 26.0 Å². The molecule has 0 unspecified atom stereocenters. The van der Waals surface area contributed by atoms with Gasteiger partial charge in [-0.2, -0.15) is 4.98 Å². The predicted molar refractivity (Wildman–Crippen MR) is 75.6 cm³/mol. The van der Waals surface area contributed by atoms with E-state index in [1.54, 1.807) is 6.92 Å². The van der Waals surface area contributed by atoms with Gasteiger partial charge in [-0.15, -0.1) is 11.3 Å². The van der Waals surface area contributed by atoms with Gasteiger partial charge >= 0.3 is 0 Å². The molecule has 0 bridgehead atoms. The quantitative estimate of drug-likeness (QED) is 0.790. The van der Waals surface area contributed by atoms with Gasteiger partial charge in [0.1, 0.15) is 5.69 Å². The Balaban J connectivity index is 1.62. The second-order valence-electron chi connectivity index (χ2n) is 4.21. The SMILES string of the molecule is Cc1cnc(C(=O)NCc2nc(-c3cccs3)no2)cn1. The third kappa shape index (κ3) is 3.11. The third-order valence-corrected chi connectivity index (χ3v) is 3.49. The number of hydrogen-bond donors (Lipinski definition) is 1. The van der Waals surface area contributed by atoms with Crippen molar-refractivity contribution in [2.45, 2.75) is 13.5 Å². The minimum absolute atomic E-state index is 0.146. The predicted octanol–water partition coefficient (Wildman–Crippen LogP) is 1.83. The lowest BCUT2D eigenvalue weighted by atomic mass is 10.4. The number of amides is 1. The van der Waals surface area contributed by atoms with E-state index in [0.717, 1.165) is 10.6 Å². The van der Waals surface area contributed by atoms with Crippen molar-refractivity contribution in [2.75, 3.05) is 0 Å². The Hall–Kier alpha value is -2.61. The molecule has 0 aliphatic rings. The van der Waals surface area contributed by atoms with E-state index in [2.05, 4.69) is 25.4 Å². The van der Waals surface area contributed by atoms with Crippen LogP contribution in [0.4, 0.5) is 0 Å². The molecule has 0 aromatic carbocycles. The van der Waals surface area contributed by atoms with Crippen molar-refractivity contribution < 1.29 is 9.32 Å². The normalized spacial score (nSPS) is 10.5. The molecule has 0 atom stereocenters. The molecule has 106 valence electrons. The Morgan fingerprint density at radius 3 is 3.00 bits per heavy atom. The number of aromatic nitrogens is 4. The van der Waals surface area contributed by atoms with Crippen LogP contribution in [0.3, 0.4) is 0 Å². The highest BCUT2D eigenvalue weighted by Gasteiger charge is 2.12. The van der Waals surface area contributed by atoms with E-state index in [4.69, 9.17) is 4.52 Å². The molecule has 3 heterocycles. The lowest BCUT2D eigenvalue weighted by Gasteiger charge is -2.00. The zero-order valence-electron chi connectivity index (χ0n) is 11.1. The summed E-state index contributed by atoms with van der Waals surface area (Å²) in [7, 11) is 0. The number of aryl methyl sites for hydroxylation is 1. The number of nitrogens with one attached hydrogen (secondary N) is 1. The first-order valence-electron chi connectivity index (χ1n) is 6.15. The van der Waals surface area contributed by atoms with Gasteiger partial charge in [-0.1, -0.05) is 11.2 Å². The Bertz CT molecular complexity index is 736. The Kier molecular flexibility index (Phi) is 3.69. The van der Waals surface area contributed by atoms with E-state index in [1.807, 2.05) is 17.5 Å². The Morgan fingerprint density at radius 1 is 1.38 bits per heavy atom. The topological polar surface area (TPSA) is 93.8 Å². The van der Waals surface area contributed by atoms with Crippen LogP contribution in [0.5, 0.6) is 0 Å². The summed E-state index contributed by atoms with van der Waals surface area (Å²) in [6.07, 6.45) is 2.96. The maximum absolute atomic E-state index is 11.9. The van der Waals surface area contributed by atoms with Gasteiger partial charge < -0.3 is 9.84 Å². The van der Waals surface area contributed by atoms with Crippen molar-refractivity contribution in [3.63, 3.8) is 0 Å². The summed E-state index contributed by atoms with van der Waals surface area (Å²) in [4.78, 5) is 25.0. The largest absolute Gasteiger partial charge is 0.342 e. The fourth-order valence-corrected chi connectivity index (χ4v) is 2.24. The van der Waals surface area contributed by atoms with Crippen LogP contribution in [0.25, 0.3) is 10.7 Å². The average molecular weight is 301 g/mol. The van der Waals surface area contributed by atoms with Crippen molar-refractivity contribution in [1.82, 2.24) is 25.4 Å². The average Bonchev–Trinajstić information content (AvgIpc) is 3.16.